The molecule has 0 fully saturated rings. The Kier molecular flexibility index (Phi) is 6.38. The number of aryl methyl sites for hydroxylation is 3. The lowest BCUT2D eigenvalue weighted by Crippen LogP contribution is -2.24. The van der Waals surface area contributed by atoms with Gasteiger partial charge in [-0.2, -0.15) is 0 Å². The first-order valence-electron chi connectivity index (χ1n) is 11.7. The van der Waals surface area contributed by atoms with E-state index < -0.39 is 0 Å². The van der Waals surface area contributed by atoms with Crippen LogP contribution < -0.4 is 11.1 Å². The van der Waals surface area contributed by atoms with Crippen molar-refractivity contribution in [1.82, 2.24) is 18.9 Å². The first-order valence-corrected chi connectivity index (χ1v) is 13.5. The van der Waals surface area contributed by atoms with Gasteiger partial charge >= 0.3 is 0 Å². The maximum Gasteiger partial charge on any atom is 0.263 e. The zero-order valence-corrected chi connectivity index (χ0v) is 20.7. The van der Waals surface area contributed by atoms with Crippen molar-refractivity contribution in [2.45, 2.75) is 76.2 Å². The number of rotatable bonds is 7. The van der Waals surface area contributed by atoms with Crippen LogP contribution in [0.4, 0.5) is 0 Å². The molecule has 0 radical (unpaired) electrons. The SMILES string of the molecule is CCCCCn1c(SCc2cc(=O)n3cccc(C)c3n2)nc2sc3c(c2c1=O)CCCC3. The Morgan fingerprint density at radius 2 is 2.00 bits per heavy atom. The molecular weight excluding hydrogens is 452 g/mol. The highest BCUT2D eigenvalue weighted by Gasteiger charge is 2.22. The predicted molar refractivity (Wildman–Crippen MR) is 136 cm³/mol. The fourth-order valence-corrected chi connectivity index (χ4v) is 6.79. The normalized spacial score (nSPS) is 13.6. The fourth-order valence-electron chi connectivity index (χ4n) is 4.57. The fraction of sp³-hybridized carbons (Fsp3) is 0.440. The Morgan fingerprint density at radius 3 is 2.85 bits per heavy atom. The molecule has 0 aliphatic heterocycles. The van der Waals surface area contributed by atoms with E-state index in [2.05, 4.69) is 6.92 Å². The van der Waals surface area contributed by atoms with Gasteiger partial charge in [0.25, 0.3) is 11.1 Å². The number of thiophene rings is 1. The Bertz CT molecular complexity index is 1450. The van der Waals surface area contributed by atoms with E-state index in [1.807, 2.05) is 23.6 Å². The topological polar surface area (TPSA) is 69.3 Å². The summed E-state index contributed by atoms with van der Waals surface area (Å²) in [6, 6.07) is 5.40. The molecule has 0 aromatic carbocycles. The first-order chi connectivity index (χ1) is 16.1. The van der Waals surface area contributed by atoms with Gasteiger partial charge in [-0.15, -0.1) is 11.3 Å². The highest BCUT2D eigenvalue weighted by molar-refractivity contribution is 7.98. The van der Waals surface area contributed by atoms with Crippen molar-refractivity contribution in [2.75, 3.05) is 0 Å². The maximum absolute atomic E-state index is 13.6. The van der Waals surface area contributed by atoms with Crippen LogP contribution in [-0.4, -0.2) is 18.9 Å². The summed E-state index contributed by atoms with van der Waals surface area (Å²) in [6.07, 6.45) is 9.26. The minimum Gasteiger partial charge on any atom is -0.287 e. The molecule has 1 aliphatic rings. The second-order valence-electron chi connectivity index (χ2n) is 8.71. The average Bonchev–Trinajstić information content (AvgIpc) is 3.19. The summed E-state index contributed by atoms with van der Waals surface area (Å²) in [7, 11) is 0. The van der Waals surface area contributed by atoms with Crippen LogP contribution >= 0.6 is 23.1 Å². The van der Waals surface area contributed by atoms with Gasteiger partial charge in [-0.1, -0.05) is 37.6 Å². The zero-order chi connectivity index (χ0) is 22.9. The lowest BCUT2D eigenvalue weighted by molar-refractivity contribution is 0.541. The van der Waals surface area contributed by atoms with Crippen LogP contribution in [0.2, 0.25) is 0 Å². The molecule has 5 rings (SSSR count). The second kappa shape index (κ2) is 9.43. The van der Waals surface area contributed by atoms with Crippen LogP contribution in [0, 0.1) is 6.92 Å². The van der Waals surface area contributed by atoms with Gasteiger partial charge in [-0.3, -0.25) is 18.6 Å². The number of hydrogen-bond acceptors (Lipinski definition) is 6. The molecule has 8 heteroatoms. The van der Waals surface area contributed by atoms with Crippen LogP contribution in [0.25, 0.3) is 15.9 Å². The minimum atomic E-state index is -0.0889. The van der Waals surface area contributed by atoms with Crippen molar-refractivity contribution >= 4 is 39.0 Å². The molecule has 172 valence electrons. The molecule has 0 saturated carbocycles. The van der Waals surface area contributed by atoms with Crippen molar-refractivity contribution in [3.05, 3.63) is 66.8 Å². The summed E-state index contributed by atoms with van der Waals surface area (Å²) < 4.78 is 3.44. The van der Waals surface area contributed by atoms with Gasteiger partial charge in [0.1, 0.15) is 10.5 Å². The molecule has 0 atom stereocenters. The molecule has 4 heterocycles. The molecule has 33 heavy (non-hydrogen) atoms. The van der Waals surface area contributed by atoms with Crippen molar-refractivity contribution < 1.29 is 0 Å². The molecule has 0 amide bonds. The molecular formula is C25H28N4O2S2. The summed E-state index contributed by atoms with van der Waals surface area (Å²) in [5.74, 6) is 0.497. The predicted octanol–water partition coefficient (Wildman–Crippen LogP) is 5.14. The van der Waals surface area contributed by atoms with Crippen LogP contribution in [0.5, 0.6) is 0 Å². The quantitative estimate of drug-likeness (QED) is 0.208. The third-order valence-corrected chi connectivity index (χ3v) is 8.51. The van der Waals surface area contributed by atoms with E-state index in [-0.39, 0.29) is 11.1 Å². The summed E-state index contributed by atoms with van der Waals surface area (Å²) in [5, 5.41) is 1.57. The summed E-state index contributed by atoms with van der Waals surface area (Å²) in [5.41, 5.74) is 3.59. The zero-order valence-electron chi connectivity index (χ0n) is 19.1. The van der Waals surface area contributed by atoms with Gasteiger partial charge in [-0.05, 0) is 56.2 Å². The monoisotopic (exact) mass is 480 g/mol. The Labute approximate surface area is 200 Å². The van der Waals surface area contributed by atoms with Gasteiger partial charge in [0.05, 0.1) is 11.1 Å². The number of fused-ring (bicyclic) bond motifs is 4. The number of aromatic nitrogens is 4. The maximum atomic E-state index is 13.6. The van der Waals surface area contributed by atoms with E-state index in [4.69, 9.17) is 9.97 Å². The Morgan fingerprint density at radius 1 is 1.15 bits per heavy atom. The Hall–Kier alpha value is -2.45. The highest BCUT2D eigenvalue weighted by Crippen LogP contribution is 2.35. The van der Waals surface area contributed by atoms with E-state index in [1.54, 1.807) is 28.0 Å². The van der Waals surface area contributed by atoms with Crippen molar-refractivity contribution in [3.8, 4) is 0 Å². The van der Waals surface area contributed by atoms with E-state index in [0.29, 0.717) is 23.6 Å². The molecule has 4 aromatic rings. The van der Waals surface area contributed by atoms with Crippen LogP contribution in [-0.2, 0) is 25.1 Å². The number of pyridine rings is 1. The number of hydrogen-bond donors (Lipinski definition) is 0. The smallest absolute Gasteiger partial charge is 0.263 e. The lowest BCUT2D eigenvalue weighted by atomic mass is 9.97. The highest BCUT2D eigenvalue weighted by atomic mass is 32.2. The molecule has 0 spiro atoms. The number of nitrogens with zero attached hydrogens (tertiary/aromatic N) is 4. The summed E-state index contributed by atoms with van der Waals surface area (Å²) >= 11 is 3.19. The summed E-state index contributed by atoms with van der Waals surface area (Å²) in [4.78, 5) is 38.1. The van der Waals surface area contributed by atoms with E-state index in [0.717, 1.165) is 59.5 Å². The molecule has 6 nitrogen and oxygen atoms in total. The minimum absolute atomic E-state index is 0.0889. The third-order valence-electron chi connectivity index (χ3n) is 6.31. The molecule has 0 saturated heterocycles. The largest absolute Gasteiger partial charge is 0.287 e. The molecule has 4 aromatic heterocycles. The lowest BCUT2D eigenvalue weighted by Gasteiger charge is -2.13. The van der Waals surface area contributed by atoms with Crippen LogP contribution in [0.3, 0.4) is 0 Å². The second-order valence-corrected chi connectivity index (χ2v) is 10.7. The van der Waals surface area contributed by atoms with Crippen LogP contribution in [0.1, 0.15) is 60.7 Å². The van der Waals surface area contributed by atoms with Crippen molar-refractivity contribution in [3.63, 3.8) is 0 Å². The molecule has 0 unspecified atom stereocenters. The van der Waals surface area contributed by atoms with Gasteiger partial charge in [0.15, 0.2) is 5.16 Å². The molecule has 0 N–H and O–H groups in total. The Balaban J connectivity index is 1.53. The molecule has 0 bridgehead atoms. The van der Waals surface area contributed by atoms with Gasteiger partial charge in [-0.25, -0.2) is 9.97 Å². The average molecular weight is 481 g/mol. The van der Waals surface area contributed by atoms with Gasteiger partial charge in [0, 0.05) is 29.4 Å². The third kappa shape index (κ3) is 4.26. The van der Waals surface area contributed by atoms with Crippen molar-refractivity contribution in [2.24, 2.45) is 0 Å². The van der Waals surface area contributed by atoms with E-state index in [1.165, 1.54) is 28.6 Å². The van der Waals surface area contributed by atoms with Gasteiger partial charge < -0.3 is 0 Å². The molecule has 1 aliphatic carbocycles. The van der Waals surface area contributed by atoms with Crippen molar-refractivity contribution in [1.29, 1.82) is 0 Å². The van der Waals surface area contributed by atoms with E-state index >= 15 is 0 Å². The summed E-state index contributed by atoms with van der Waals surface area (Å²) in [6.45, 7) is 4.80. The first kappa shape index (κ1) is 22.3. The number of thioether (sulfide) groups is 1. The van der Waals surface area contributed by atoms with E-state index in [9.17, 15) is 9.59 Å². The van der Waals surface area contributed by atoms with Crippen LogP contribution in [0.15, 0.2) is 39.1 Å². The number of unbranched alkanes of at least 4 members (excludes halogenated alkanes) is 2. The standard InChI is InChI=1S/C25H28N4O2S2/c1-3-4-7-12-29-24(31)21-18-10-5-6-11-19(18)33-23(21)27-25(29)32-15-17-14-20(30)28-13-8-9-16(2)22(28)26-17/h8-9,13-14H,3-7,10-12,15H2,1-2H3. The van der Waals surface area contributed by atoms with Gasteiger partial charge in [0.2, 0.25) is 0 Å².